The predicted molar refractivity (Wildman–Crippen MR) is 119 cm³/mol. The molecule has 1 amide bonds. The van der Waals surface area contributed by atoms with Gasteiger partial charge in [-0.2, -0.15) is 0 Å². The number of aromatic amines is 1. The van der Waals surface area contributed by atoms with Crippen LogP contribution in [0.1, 0.15) is 21.3 Å². The van der Waals surface area contributed by atoms with E-state index in [1.165, 1.54) is 11.3 Å². The van der Waals surface area contributed by atoms with Gasteiger partial charge in [0.25, 0.3) is 5.91 Å². The number of amides is 1. The molecule has 0 saturated carbocycles. The Balaban J connectivity index is 1.56. The molecule has 1 aromatic carbocycles. The lowest BCUT2D eigenvalue weighted by Crippen LogP contribution is -2.33. The summed E-state index contributed by atoms with van der Waals surface area (Å²) in [6.07, 6.45) is 3.54. The number of thiophene rings is 1. The highest BCUT2D eigenvalue weighted by Crippen LogP contribution is 2.30. The molecule has 0 aliphatic carbocycles. The van der Waals surface area contributed by atoms with E-state index >= 15 is 0 Å². The van der Waals surface area contributed by atoms with Crippen molar-refractivity contribution in [1.29, 1.82) is 0 Å². The number of hydrogen-bond acceptors (Lipinski definition) is 5. The first kappa shape index (κ1) is 19.7. The molecule has 0 bridgehead atoms. The summed E-state index contributed by atoms with van der Waals surface area (Å²) in [4.78, 5) is 20.9. The molecule has 6 nitrogen and oxygen atoms in total. The first-order valence-corrected chi connectivity index (χ1v) is 10.4. The van der Waals surface area contributed by atoms with E-state index in [0.29, 0.717) is 20.6 Å². The van der Waals surface area contributed by atoms with Gasteiger partial charge in [-0.25, -0.2) is 4.98 Å². The van der Waals surface area contributed by atoms with Crippen molar-refractivity contribution in [3.8, 4) is 0 Å². The van der Waals surface area contributed by atoms with Crippen LogP contribution in [0.25, 0.3) is 11.0 Å². The van der Waals surface area contributed by atoms with Gasteiger partial charge in [0.05, 0.1) is 27.5 Å². The van der Waals surface area contributed by atoms with Gasteiger partial charge in [-0.1, -0.05) is 29.3 Å². The van der Waals surface area contributed by atoms with E-state index < -0.39 is 0 Å². The van der Waals surface area contributed by atoms with Gasteiger partial charge >= 0.3 is 0 Å². The van der Waals surface area contributed by atoms with Crippen LogP contribution in [0.2, 0.25) is 10.0 Å². The molecular weight excluding hydrogens is 429 g/mol. The molecule has 3 aromatic heterocycles. The Hall–Kier alpha value is -2.58. The van der Waals surface area contributed by atoms with Crippen molar-refractivity contribution in [3.05, 3.63) is 74.7 Å². The van der Waals surface area contributed by atoms with Crippen LogP contribution in [0.5, 0.6) is 0 Å². The minimum absolute atomic E-state index is 0.219. The zero-order valence-corrected chi connectivity index (χ0v) is 17.4. The second kappa shape index (κ2) is 8.42. The fourth-order valence-electron chi connectivity index (χ4n) is 3.03. The van der Waals surface area contributed by atoms with Crippen molar-refractivity contribution in [3.63, 3.8) is 0 Å². The second-order valence-corrected chi connectivity index (χ2v) is 8.05. The molecule has 9 heteroatoms. The number of carbonyl (C=O) groups excluding carboxylic acids is 1. The molecule has 3 heterocycles. The van der Waals surface area contributed by atoms with Crippen molar-refractivity contribution in [2.24, 2.45) is 5.73 Å². The third-order valence-corrected chi connectivity index (χ3v) is 6.14. The van der Waals surface area contributed by atoms with Gasteiger partial charge in [0.15, 0.2) is 0 Å². The Bertz CT molecular complexity index is 1170. The third kappa shape index (κ3) is 4.09. The van der Waals surface area contributed by atoms with Gasteiger partial charge in [-0.3, -0.25) is 4.79 Å². The Kier molecular flexibility index (Phi) is 5.73. The first-order valence-electron chi connectivity index (χ1n) is 8.79. The van der Waals surface area contributed by atoms with E-state index in [-0.39, 0.29) is 18.5 Å². The molecule has 0 saturated heterocycles. The molecule has 0 fully saturated rings. The summed E-state index contributed by atoms with van der Waals surface area (Å²) in [6.45, 7) is 0.228. The molecular formula is C20H17Cl2N5OS. The summed E-state index contributed by atoms with van der Waals surface area (Å²) in [7, 11) is 0. The Morgan fingerprint density at radius 3 is 2.83 bits per heavy atom. The number of benzene rings is 1. The van der Waals surface area contributed by atoms with Crippen LogP contribution in [0.4, 0.5) is 11.4 Å². The fraction of sp³-hybridized carbons (Fsp3) is 0.100. The quantitative estimate of drug-likeness (QED) is 0.331. The van der Waals surface area contributed by atoms with Crippen LogP contribution in [-0.4, -0.2) is 22.4 Å². The second-order valence-electron chi connectivity index (χ2n) is 6.32. The van der Waals surface area contributed by atoms with Crippen molar-refractivity contribution in [2.75, 3.05) is 11.9 Å². The maximum absolute atomic E-state index is 13.0. The lowest BCUT2D eigenvalue weighted by Gasteiger charge is -2.18. The lowest BCUT2D eigenvalue weighted by atomic mass is 10.1. The number of rotatable bonds is 6. The number of fused-ring (bicyclic) bond motifs is 1. The molecule has 0 aliphatic heterocycles. The van der Waals surface area contributed by atoms with Crippen molar-refractivity contribution in [2.45, 2.75) is 6.04 Å². The van der Waals surface area contributed by atoms with Gasteiger partial charge in [0.2, 0.25) is 0 Å². The van der Waals surface area contributed by atoms with E-state index in [0.717, 1.165) is 22.3 Å². The summed E-state index contributed by atoms with van der Waals surface area (Å²) < 4.78 is 0. The predicted octanol–water partition coefficient (Wildman–Crippen LogP) is 5.10. The molecule has 5 N–H and O–H groups in total. The molecule has 0 aliphatic rings. The fourth-order valence-corrected chi connectivity index (χ4v) is 4.09. The molecule has 4 aromatic rings. The average molecular weight is 446 g/mol. The standard InChI is InChI=1S/C20H17Cl2N5OS/c21-13-2-1-11(9-14(13)22)17(10-23)27-20(28)18-16(5-8-29-18)26-15-4-7-25-19-12(15)3-6-24-19/h1-9,17H,10,23H2,(H,27,28)(H2,24,25,26)/t17-/m1/s1. The normalized spacial score (nSPS) is 12.1. The number of anilines is 2. The topological polar surface area (TPSA) is 95.8 Å². The minimum atomic E-state index is -0.385. The Morgan fingerprint density at radius 2 is 2.03 bits per heavy atom. The van der Waals surface area contributed by atoms with Crippen molar-refractivity contribution in [1.82, 2.24) is 15.3 Å². The van der Waals surface area contributed by atoms with Gasteiger partial charge < -0.3 is 21.4 Å². The number of H-pyrrole nitrogens is 1. The molecule has 29 heavy (non-hydrogen) atoms. The van der Waals surface area contributed by atoms with Gasteiger partial charge in [0, 0.05) is 24.3 Å². The molecule has 4 rings (SSSR count). The number of aromatic nitrogens is 2. The van der Waals surface area contributed by atoms with E-state index in [9.17, 15) is 4.79 Å². The maximum Gasteiger partial charge on any atom is 0.264 e. The number of pyridine rings is 1. The minimum Gasteiger partial charge on any atom is -0.354 e. The molecule has 1 atom stereocenters. The van der Waals surface area contributed by atoms with Crippen molar-refractivity contribution < 1.29 is 4.79 Å². The number of nitrogens with two attached hydrogens (primary N) is 1. The Morgan fingerprint density at radius 1 is 1.17 bits per heavy atom. The van der Waals surface area contributed by atoms with Crippen LogP contribution < -0.4 is 16.4 Å². The van der Waals surface area contributed by atoms with Gasteiger partial charge in [0.1, 0.15) is 10.5 Å². The third-order valence-electron chi connectivity index (χ3n) is 4.49. The summed E-state index contributed by atoms with van der Waals surface area (Å²) in [5, 5.41) is 9.99. The van der Waals surface area contributed by atoms with Crippen LogP contribution in [0.3, 0.4) is 0 Å². The highest BCUT2D eigenvalue weighted by molar-refractivity contribution is 7.12. The highest BCUT2D eigenvalue weighted by atomic mass is 35.5. The molecule has 0 spiro atoms. The van der Waals surface area contributed by atoms with Gasteiger partial charge in [-0.15, -0.1) is 11.3 Å². The van der Waals surface area contributed by atoms with Crippen LogP contribution in [-0.2, 0) is 0 Å². The molecule has 0 radical (unpaired) electrons. The Labute approximate surface area is 181 Å². The van der Waals surface area contributed by atoms with Crippen LogP contribution >= 0.6 is 34.5 Å². The smallest absolute Gasteiger partial charge is 0.264 e. The summed E-state index contributed by atoms with van der Waals surface area (Å²) >= 11 is 13.4. The summed E-state index contributed by atoms with van der Waals surface area (Å²) in [5.74, 6) is -0.219. The van der Waals surface area contributed by atoms with Crippen LogP contribution in [0, 0.1) is 0 Å². The lowest BCUT2D eigenvalue weighted by molar-refractivity contribution is 0.0942. The van der Waals surface area contributed by atoms with Crippen LogP contribution in [0.15, 0.2) is 54.2 Å². The van der Waals surface area contributed by atoms with E-state index in [2.05, 4.69) is 20.6 Å². The number of carbonyl (C=O) groups is 1. The SMILES string of the molecule is NC[C@@H](NC(=O)c1sccc1Nc1ccnc2[nH]ccc12)c1ccc(Cl)c(Cl)c1. The number of nitrogens with one attached hydrogen (secondary N) is 3. The summed E-state index contributed by atoms with van der Waals surface area (Å²) in [5.41, 5.74) is 9.04. The summed E-state index contributed by atoms with van der Waals surface area (Å²) in [6, 6.07) is 10.5. The number of hydrogen-bond donors (Lipinski definition) is 4. The highest BCUT2D eigenvalue weighted by Gasteiger charge is 2.19. The number of halogens is 2. The van der Waals surface area contributed by atoms with E-state index in [1.54, 1.807) is 24.4 Å². The molecule has 0 unspecified atom stereocenters. The number of nitrogens with zero attached hydrogens (tertiary/aromatic N) is 1. The average Bonchev–Trinajstić information content (AvgIpc) is 3.38. The van der Waals surface area contributed by atoms with E-state index in [4.69, 9.17) is 28.9 Å². The zero-order chi connectivity index (χ0) is 20.4. The van der Waals surface area contributed by atoms with Gasteiger partial charge in [-0.05, 0) is 41.3 Å². The molecule has 148 valence electrons. The van der Waals surface area contributed by atoms with Crippen molar-refractivity contribution >= 4 is 62.9 Å². The first-order chi connectivity index (χ1) is 14.1. The maximum atomic E-state index is 13.0. The van der Waals surface area contributed by atoms with E-state index in [1.807, 2.05) is 29.8 Å². The monoisotopic (exact) mass is 445 g/mol. The largest absolute Gasteiger partial charge is 0.354 e. The zero-order valence-electron chi connectivity index (χ0n) is 15.1.